The van der Waals surface area contributed by atoms with Gasteiger partial charge in [0.25, 0.3) is 5.91 Å². The van der Waals surface area contributed by atoms with Crippen LogP contribution in [0, 0.1) is 0 Å². The molecule has 0 saturated carbocycles. The first-order valence-electron chi connectivity index (χ1n) is 8.03. The van der Waals surface area contributed by atoms with E-state index in [9.17, 15) is 4.79 Å². The molecule has 2 rings (SSSR count). The number of nitrogens with one attached hydrogen (secondary N) is 1. The van der Waals surface area contributed by atoms with Gasteiger partial charge < -0.3 is 14.2 Å². The van der Waals surface area contributed by atoms with Crippen LogP contribution in [0.5, 0.6) is 17.2 Å². The van der Waals surface area contributed by atoms with E-state index < -0.39 is 0 Å². The molecule has 0 aliphatic carbocycles. The van der Waals surface area contributed by atoms with Crippen LogP contribution in [0.4, 0.5) is 0 Å². The Morgan fingerprint density at radius 2 is 2.00 bits per heavy atom. The summed E-state index contributed by atoms with van der Waals surface area (Å²) < 4.78 is 16.8. The van der Waals surface area contributed by atoms with Crippen LogP contribution in [0.2, 0.25) is 0 Å². The van der Waals surface area contributed by atoms with E-state index in [0.29, 0.717) is 22.8 Å². The van der Waals surface area contributed by atoms with Crippen molar-refractivity contribution >= 4 is 28.1 Å². The average molecular weight is 421 g/mol. The normalized spacial score (nSPS) is 10.6. The molecule has 138 valence electrons. The van der Waals surface area contributed by atoms with Gasteiger partial charge in [0.05, 0.1) is 24.9 Å². The van der Waals surface area contributed by atoms with Crippen LogP contribution in [0.1, 0.15) is 18.1 Å². The van der Waals surface area contributed by atoms with Crippen LogP contribution >= 0.6 is 15.9 Å². The van der Waals surface area contributed by atoms with Gasteiger partial charge in [-0.3, -0.25) is 4.79 Å². The number of hydrogen-bond acceptors (Lipinski definition) is 5. The number of amides is 1. The second-order valence-electron chi connectivity index (χ2n) is 5.28. The van der Waals surface area contributed by atoms with E-state index >= 15 is 0 Å². The maximum absolute atomic E-state index is 11.9. The molecule has 0 spiro atoms. The number of carbonyl (C=O) groups is 1. The SMILES string of the molecule is CCc1ccc(OCC(=O)N/N=C/c2cccc(OC)c2OC)c(Br)c1. The largest absolute Gasteiger partial charge is 0.493 e. The first-order valence-corrected chi connectivity index (χ1v) is 8.82. The molecule has 1 amide bonds. The zero-order valence-corrected chi connectivity index (χ0v) is 16.5. The lowest BCUT2D eigenvalue weighted by Crippen LogP contribution is -2.24. The highest BCUT2D eigenvalue weighted by Crippen LogP contribution is 2.29. The Labute approximate surface area is 161 Å². The van der Waals surface area contributed by atoms with Gasteiger partial charge in [-0.2, -0.15) is 5.10 Å². The number of benzene rings is 2. The first kappa shape index (κ1) is 19.8. The number of methoxy groups -OCH3 is 2. The topological polar surface area (TPSA) is 69.2 Å². The lowest BCUT2D eigenvalue weighted by molar-refractivity contribution is -0.123. The molecule has 0 aromatic heterocycles. The molecule has 26 heavy (non-hydrogen) atoms. The maximum Gasteiger partial charge on any atom is 0.277 e. The van der Waals surface area contributed by atoms with E-state index in [-0.39, 0.29) is 12.5 Å². The summed E-state index contributed by atoms with van der Waals surface area (Å²) >= 11 is 3.44. The van der Waals surface area contributed by atoms with Crippen molar-refractivity contribution in [2.45, 2.75) is 13.3 Å². The molecule has 0 bridgehead atoms. The number of hydrogen-bond donors (Lipinski definition) is 1. The van der Waals surface area contributed by atoms with Crippen molar-refractivity contribution < 1.29 is 19.0 Å². The molecule has 7 heteroatoms. The molecule has 2 aromatic carbocycles. The Hall–Kier alpha value is -2.54. The number of aryl methyl sites for hydroxylation is 1. The van der Waals surface area contributed by atoms with Crippen molar-refractivity contribution in [3.05, 3.63) is 52.0 Å². The first-order chi connectivity index (χ1) is 12.6. The summed E-state index contributed by atoms with van der Waals surface area (Å²) in [5.41, 5.74) is 4.30. The van der Waals surface area contributed by atoms with Crippen molar-refractivity contribution in [3.8, 4) is 17.2 Å². The third-order valence-corrected chi connectivity index (χ3v) is 4.21. The predicted octanol–water partition coefficient (Wildman–Crippen LogP) is 3.56. The number of carbonyl (C=O) groups excluding carboxylic acids is 1. The smallest absolute Gasteiger partial charge is 0.277 e. The second-order valence-corrected chi connectivity index (χ2v) is 6.14. The highest BCUT2D eigenvalue weighted by atomic mass is 79.9. The number of ether oxygens (including phenoxy) is 3. The zero-order chi connectivity index (χ0) is 18.9. The second kappa shape index (κ2) is 9.82. The molecule has 0 radical (unpaired) electrons. The molecular weight excluding hydrogens is 400 g/mol. The number of halogens is 1. The highest BCUT2D eigenvalue weighted by Gasteiger charge is 2.08. The van der Waals surface area contributed by atoms with Crippen molar-refractivity contribution in [1.29, 1.82) is 0 Å². The van der Waals surface area contributed by atoms with Crippen LogP contribution in [-0.2, 0) is 11.2 Å². The summed E-state index contributed by atoms with van der Waals surface area (Å²) in [6.45, 7) is 1.93. The standard InChI is InChI=1S/C19H21BrN2O4/c1-4-13-8-9-16(15(20)10-13)26-12-18(23)22-21-11-14-6-5-7-17(24-2)19(14)25-3/h5-11H,4,12H2,1-3H3,(H,22,23)/b21-11+. The van der Waals surface area contributed by atoms with Gasteiger partial charge >= 0.3 is 0 Å². The lowest BCUT2D eigenvalue weighted by atomic mass is 10.2. The Balaban J connectivity index is 1.92. The van der Waals surface area contributed by atoms with Gasteiger partial charge in [0.2, 0.25) is 0 Å². The minimum atomic E-state index is -0.366. The Bertz CT molecular complexity index is 793. The fourth-order valence-electron chi connectivity index (χ4n) is 2.24. The molecule has 6 nitrogen and oxygen atoms in total. The summed E-state index contributed by atoms with van der Waals surface area (Å²) in [5.74, 6) is 1.38. The molecule has 0 unspecified atom stereocenters. The molecule has 0 heterocycles. The summed E-state index contributed by atoms with van der Waals surface area (Å²) in [6.07, 6.45) is 2.42. The van der Waals surface area contributed by atoms with E-state index in [0.717, 1.165) is 10.9 Å². The molecule has 0 aliphatic heterocycles. The van der Waals surface area contributed by atoms with E-state index in [1.807, 2.05) is 24.3 Å². The number of hydrazone groups is 1. The zero-order valence-electron chi connectivity index (χ0n) is 14.9. The van der Waals surface area contributed by atoms with Gasteiger partial charge in [-0.1, -0.05) is 19.1 Å². The molecule has 1 N–H and O–H groups in total. The molecule has 0 atom stereocenters. The minimum absolute atomic E-state index is 0.142. The quantitative estimate of drug-likeness (QED) is 0.523. The van der Waals surface area contributed by atoms with Gasteiger partial charge in [0, 0.05) is 5.56 Å². The van der Waals surface area contributed by atoms with Crippen LogP contribution < -0.4 is 19.6 Å². The molecule has 2 aromatic rings. The Kier molecular flexibility index (Phi) is 7.47. The van der Waals surface area contributed by atoms with Gasteiger partial charge in [-0.15, -0.1) is 0 Å². The van der Waals surface area contributed by atoms with E-state index in [4.69, 9.17) is 14.2 Å². The summed E-state index contributed by atoms with van der Waals surface area (Å²) in [6, 6.07) is 11.2. The van der Waals surface area contributed by atoms with Crippen molar-refractivity contribution in [1.82, 2.24) is 5.43 Å². The van der Waals surface area contributed by atoms with E-state index in [1.54, 1.807) is 26.4 Å². The van der Waals surface area contributed by atoms with Crippen molar-refractivity contribution in [2.75, 3.05) is 20.8 Å². The Morgan fingerprint density at radius 3 is 2.65 bits per heavy atom. The number of para-hydroxylation sites is 1. The fraction of sp³-hybridized carbons (Fsp3) is 0.263. The van der Waals surface area contributed by atoms with Crippen molar-refractivity contribution in [3.63, 3.8) is 0 Å². The van der Waals surface area contributed by atoms with Gasteiger partial charge in [0.15, 0.2) is 18.1 Å². The third kappa shape index (κ3) is 5.23. The average Bonchev–Trinajstić information content (AvgIpc) is 2.66. The van der Waals surface area contributed by atoms with E-state index in [1.165, 1.54) is 11.8 Å². The summed E-state index contributed by atoms with van der Waals surface area (Å²) in [7, 11) is 3.10. The molecule has 0 saturated heterocycles. The number of rotatable bonds is 8. The van der Waals surface area contributed by atoms with Gasteiger partial charge in [-0.05, 0) is 52.2 Å². The molecule has 0 fully saturated rings. The third-order valence-electron chi connectivity index (χ3n) is 3.59. The van der Waals surface area contributed by atoms with Gasteiger partial charge in [0.1, 0.15) is 5.75 Å². The van der Waals surface area contributed by atoms with Crippen LogP contribution in [-0.4, -0.2) is 32.9 Å². The molecular formula is C19H21BrN2O4. The minimum Gasteiger partial charge on any atom is -0.493 e. The number of nitrogens with zero attached hydrogens (tertiary/aromatic N) is 1. The van der Waals surface area contributed by atoms with Crippen LogP contribution in [0.25, 0.3) is 0 Å². The van der Waals surface area contributed by atoms with Crippen LogP contribution in [0.3, 0.4) is 0 Å². The van der Waals surface area contributed by atoms with Crippen LogP contribution in [0.15, 0.2) is 46.0 Å². The predicted molar refractivity (Wildman–Crippen MR) is 104 cm³/mol. The van der Waals surface area contributed by atoms with Crippen molar-refractivity contribution in [2.24, 2.45) is 5.10 Å². The fourth-order valence-corrected chi connectivity index (χ4v) is 2.79. The molecule has 0 aliphatic rings. The lowest BCUT2D eigenvalue weighted by Gasteiger charge is -2.10. The maximum atomic E-state index is 11.9. The Morgan fingerprint density at radius 1 is 1.19 bits per heavy atom. The summed E-state index contributed by atoms with van der Waals surface area (Å²) in [4.78, 5) is 11.9. The monoisotopic (exact) mass is 420 g/mol. The summed E-state index contributed by atoms with van der Waals surface area (Å²) in [5, 5.41) is 3.94. The highest BCUT2D eigenvalue weighted by molar-refractivity contribution is 9.10. The van der Waals surface area contributed by atoms with E-state index in [2.05, 4.69) is 33.4 Å². The van der Waals surface area contributed by atoms with Gasteiger partial charge in [-0.25, -0.2) is 5.43 Å².